The molecule has 1 saturated heterocycles. The first-order valence-corrected chi connectivity index (χ1v) is 8.38. The number of benzene rings is 1. The lowest BCUT2D eigenvalue weighted by atomic mass is 10.1. The summed E-state index contributed by atoms with van der Waals surface area (Å²) in [6, 6.07) is 14.4. The van der Waals surface area contributed by atoms with E-state index in [9.17, 15) is 5.26 Å². The molecule has 1 aromatic carbocycles. The summed E-state index contributed by atoms with van der Waals surface area (Å²) >= 11 is 0. The van der Waals surface area contributed by atoms with Gasteiger partial charge in [-0.15, -0.1) is 15.3 Å². The second-order valence-corrected chi connectivity index (χ2v) is 6.37. The summed E-state index contributed by atoms with van der Waals surface area (Å²) in [5, 5.41) is 21.7. The SMILES string of the molecule is C[C@H]1CN(Cc2ccccc2C#N)CCN1c1ccc2nncn2n1. The molecule has 4 rings (SSSR count). The number of fused-ring (bicyclic) bond motifs is 1. The summed E-state index contributed by atoms with van der Waals surface area (Å²) in [6.07, 6.45) is 1.62. The van der Waals surface area contributed by atoms with Gasteiger partial charge in [-0.05, 0) is 30.7 Å². The monoisotopic (exact) mass is 333 g/mol. The van der Waals surface area contributed by atoms with Crippen molar-refractivity contribution >= 4 is 11.5 Å². The van der Waals surface area contributed by atoms with E-state index >= 15 is 0 Å². The van der Waals surface area contributed by atoms with Crippen molar-refractivity contribution in [3.8, 4) is 6.07 Å². The number of piperazine rings is 1. The van der Waals surface area contributed by atoms with Gasteiger partial charge in [0.1, 0.15) is 12.1 Å². The Morgan fingerprint density at radius 1 is 1.20 bits per heavy atom. The van der Waals surface area contributed by atoms with Gasteiger partial charge in [-0.1, -0.05) is 18.2 Å². The average molecular weight is 333 g/mol. The first-order chi connectivity index (χ1) is 12.2. The molecule has 126 valence electrons. The molecule has 2 aromatic heterocycles. The highest BCUT2D eigenvalue weighted by Crippen LogP contribution is 2.20. The Labute approximate surface area is 146 Å². The van der Waals surface area contributed by atoms with Crippen molar-refractivity contribution < 1.29 is 0 Å². The van der Waals surface area contributed by atoms with Crippen molar-refractivity contribution in [3.63, 3.8) is 0 Å². The van der Waals surface area contributed by atoms with Crippen LogP contribution in [-0.2, 0) is 6.54 Å². The van der Waals surface area contributed by atoms with E-state index < -0.39 is 0 Å². The maximum Gasteiger partial charge on any atom is 0.177 e. The quantitative estimate of drug-likeness (QED) is 0.726. The molecule has 3 heterocycles. The fraction of sp³-hybridized carbons (Fsp3) is 0.333. The van der Waals surface area contributed by atoms with E-state index in [1.54, 1.807) is 10.8 Å². The number of rotatable bonds is 3. The van der Waals surface area contributed by atoms with Crippen molar-refractivity contribution in [2.24, 2.45) is 0 Å². The third kappa shape index (κ3) is 3.04. The van der Waals surface area contributed by atoms with Gasteiger partial charge in [-0.25, -0.2) is 0 Å². The maximum atomic E-state index is 9.26. The minimum Gasteiger partial charge on any atom is -0.350 e. The van der Waals surface area contributed by atoms with Gasteiger partial charge < -0.3 is 4.90 Å². The molecule has 1 aliphatic rings. The van der Waals surface area contributed by atoms with Crippen LogP contribution in [0.4, 0.5) is 5.82 Å². The predicted octanol–water partition coefficient (Wildman–Crippen LogP) is 1.71. The highest BCUT2D eigenvalue weighted by atomic mass is 15.4. The minimum atomic E-state index is 0.337. The van der Waals surface area contributed by atoms with Gasteiger partial charge in [0.05, 0.1) is 11.6 Å². The van der Waals surface area contributed by atoms with Gasteiger partial charge in [-0.3, -0.25) is 4.90 Å². The zero-order chi connectivity index (χ0) is 17.2. The Hall–Kier alpha value is -2.98. The number of aromatic nitrogens is 4. The number of anilines is 1. The van der Waals surface area contributed by atoms with Gasteiger partial charge in [0.2, 0.25) is 0 Å². The number of hydrogen-bond donors (Lipinski definition) is 0. The summed E-state index contributed by atoms with van der Waals surface area (Å²) in [6.45, 7) is 5.78. The molecule has 25 heavy (non-hydrogen) atoms. The molecule has 0 saturated carbocycles. The fourth-order valence-electron chi connectivity index (χ4n) is 3.40. The first kappa shape index (κ1) is 15.5. The molecular weight excluding hydrogens is 314 g/mol. The molecule has 0 spiro atoms. The van der Waals surface area contributed by atoms with Crippen LogP contribution < -0.4 is 4.90 Å². The van der Waals surface area contributed by atoms with Gasteiger partial charge >= 0.3 is 0 Å². The van der Waals surface area contributed by atoms with Crippen LogP contribution >= 0.6 is 0 Å². The van der Waals surface area contributed by atoms with E-state index in [1.807, 2.05) is 36.4 Å². The Balaban J connectivity index is 1.47. The molecule has 1 atom stereocenters. The van der Waals surface area contributed by atoms with E-state index in [0.29, 0.717) is 6.04 Å². The van der Waals surface area contributed by atoms with Gasteiger partial charge in [-0.2, -0.15) is 9.78 Å². The largest absolute Gasteiger partial charge is 0.350 e. The first-order valence-electron chi connectivity index (χ1n) is 8.38. The summed E-state index contributed by atoms with van der Waals surface area (Å²) in [4.78, 5) is 4.71. The van der Waals surface area contributed by atoms with Crippen molar-refractivity contribution in [3.05, 3.63) is 53.9 Å². The molecular formula is C18H19N7. The van der Waals surface area contributed by atoms with Crippen LogP contribution in [0.3, 0.4) is 0 Å². The van der Waals surface area contributed by atoms with Crippen LogP contribution in [0.2, 0.25) is 0 Å². The third-order valence-corrected chi connectivity index (χ3v) is 4.69. The molecule has 1 aliphatic heterocycles. The molecule has 0 N–H and O–H groups in total. The Morgan fingerprint density at radius 2 is 2.08 bits per heavy atom. The van der Waals surface area contributed by atoms with E-state index in [1.165, 1.54) is 0 Å². The highest BCUT2D eigenvalue weighted by Gasteiger charge is 2.25. The van der Waals surface area contributed by atoms with Crippen LogP contribution in [0.15, 0.2) is 42.7 Å². The number of nitriles is 1. The topological polar surface area (TPSA) is 73.4 Å². The second-order valence-electron chi connectivity index (χ2n) is 6.37. The molecule has 1 fully saturated rings. The molecule has 0 amide bonds. The Kier molecular flexibility index (Phi) is 4.04. The van der Waals surface area contributed by atoms with Gasteiger partial charge in [0, 0.05) is 32.2 Å². The van der Waals surface area contributed by atoms with Crippen LogP contribution in [0.25, 0.3) is 5.65 Å². The lowest BCUT2D eigenvalue weighted by Gasteiger charge is -2.40. The average Bonchev–Trinajstić information content (AvgIpc) is 3.10. The zero-order valence-corrected chi connectivity index (χ0v) is 14.1. The predicted molar refractivity (Wildman–Crippen MR) is 94.0 cm³/mol. The Morgan fingerprint density at radius 3 is 2.92 bits per heavy atom. The van der Waals surface area contributed by atoms with Crippen LogP contribution in [-0.4, -0.2) is 50.4 Å². The fourth-order valence-corrected chi connectivity index (χ4v) is 3.40. The van der Waals surface area contributed by atoms with E-state index in [2.05, 4.69) is 38.1 Å². The summed E-state index contributed by atoms with van der Waals surface area (Å²) < 4.78 is 1.71. The van der Waals surface area contributed by atoms with E-state index in [0.717, 1.165) is 48.8 Å². The molecule has 0 aliphatic carbocycles. The lowest BCUT2D eigenvalue weighted by Crippen LogP contribution is -2.52. The van der Waals surface area contributed by atoms with Gasteiger partial charge in [0.25, 0.3) is 0 Å². The third-order valence-electron chi connectivity index (χ3n) is 4.69. The van der Waals surface area contributed by atoms with E-state index in [-0.39, 0.29) is 0 Å². The van der Waals surface area contributed by atoms with Crippen LogP contribution in [0.1, 0.15) is 18.1 Å². The molecule has 7 nitrogen and oxygen atoms in total. The highest BCUT2D eigenvalue weighted by molar-refractivity contribution is 5.46. The van der Waals surface area contributed by atoms with Crippen molar-refractivity contribution in [1.82, 2.24) is 24.7 Å². The van der Waals surface area contributed by atoms with E-state index in [4.69, 9.17) is 0 Å². The minimum absolute atomic E-state index is 0.337. The molecule has 0 radical (unpaired) electrons. The standard InChI is InChI=1S/C18H19N7/c1-14-11-23(12-16-5-3-2-4-15(16)10-19)8-9-24(14)18-7-6-17-21-20-13-25(17)22-18/h2-7,13-14H,8-9,11-12H2,1H3/t14-/m0/s1. The number of nitrogens with zero attached hydrogens (tertiary/aromatic N) is 7. The van der Waals surface area contributed by atoms with Crippen LogP contribution in [0, 0.1) is 11.3 Å². The summed E-state index contributed by atoms with van der Waals surface area (Å²) in [5.41, 5.74) is 2.61. The Bertz CT molecular complexity index is 926. The molecule has 3 aromatic rings. The summed E-state index contributed by atoms with van der Waals surface area (Å²) in [5.74, 6) is 0.942. The van der Waals surface area contributed by atoms with Crippen LogP contribution in [0.5, 0.6) is 0 Å². The lowest BCUT2D eigenvalue weighted by molar-refractivity contribution is 0.220. The smallest absolute Gasteiger partial charge is 0.177 e. The molecule has 0 unspecified atom stereocenters. The van der Waals surface area contributed by atoms with Crippen molar-refractivity contribution in [2.75, 3.05) is 24.5 Å². The normalized spacial score (nSPS) is 18.4. The molecule has 0 bridgehead atoms. The van der Waals surface area contributed by atoms with Crippen molar-refractivity contribution in [2.45, 2.75) is 19.5 Å². The molecule has 7 heteroatoms. The van der Waals surface area contributed by atoms with Gasteiger partial charge in [0.15, 0.2) is 5.65 Å². The number of hydrogen-bond acceptors (Lipinski definition) is 6. The second kappa shape index (κ2) is 6.49. The zero-order valence-electron chi connectivity index (χ0n) is 14.1. The summed E-state index contributed by atoms with van der Waals surface area (Å²) in [7, 11) is 0. The maximum absolute atomic E-state index is 9.26. The van der Waals surface area contributed by atoms with Crippen molar-refractivity contribution in [1.29, 1.82) is 5.26 Å².